The van der Waals surface area contributed by atoms with E-state index in [1.54, 1.807) is 30.1 Å². The van der Waals surface area contributed by atoms with Gasteiger partial charge in [0.1, 0.15) is 0 Å². The molecule has 1 aromatic carbocycles. The standard InChI is InChI=1S/C18H18N4O3/c1-21(17(23)11-19-18(24)16-8-5-9-25-16)12-14-10-20-22(13-14)15-6-3-2-4-7-15/h2-10,13H,11-12H2,1H3,(H,19,24). The fourth-order valence-corrected chi connectivity index (χ4v) is 2.31. The fraction of sp³-hybridized carbons (Fsp3) is 0.167. The first-order valence-corrected chi connectivity index (χ1v) is 7.78. The molecule has 0 bridgehead atoms. The molecule has 0 saturated heterocycles. The van der Waals surface area contributed by atoms with Crippen LogP contribution in [-0.2, 0) is 11.3 Å². The first kappa shape index (κ1) is 16.5. The van der Waals surface area contributed by atoms with Crippen molar-refractivity contribution in [3.63, 3.8) is 0 Å². The van der Waals surface area contributed by atoms with Crippen LogP contribution in [0.1, 0.15) is 16.1 Å². The van der Waals surface area contributed by atoms with Gasteiger partial charge in [-0.15, -0.1) is 0 Å². The van der Waals surface area contributed by atoms with E-state index in [1.165, 1.54) is 11.2 Å². The van der Waals surface area contributed by atoms with Crippen LogP contribution in [0.15, 0.2) is 65.5 Å². The van der Waals surface area contributed by atoms with Gasteiger partial charge in [-0.25, -0.2) is 4.68 Å². The van der Waals surface area contributed by atoms with Crippen LogP contribution in [0.5, 0.6) is 0 Å². The first-order valence-electron chi connectivity index (χ1n) is 7.78. The molecule has 2 aromatic heterocycles. The Morgan fingerprint density at radius 1 is 1.20 bits per heavy atom. The number of nitrogens with zero attached hydrogens (tertiary/aromatic N) is 3. The summed E-state index contributed by atoms with van der Waals surface area (Å²) in [6.45, 7) is 0.311. The summed E-state index contributed by atoms with van der Waals surface area (Å²) in [6.07, 6.45) is 5.01. The Labute approximate surface area is 144 Å². The van der Waals surface area contributed by atoms with Crippen molar-refractivity contribution in [2.24, 2.45) is 0 Å². The van der Waals surface area contributed by atoms with Gasteiger partial charge in [0.25, 0.3) is 5.91 Å². The van der Waals surface area contributed by atoms with Crippen LogP contribution >= 0.6 is 0 Å². The van der Waals surface area contributed by atoms with E-state index in [1.807, 2.05) is 36.5 Å². The topological polar surface area (TPSA) is 80.4 Å². The lowest BCUT2D eigenvalue weighted by molar-refractivity contribution is -0.129. The molecule has 3 rings (SSSR count). The van der Waals surface area contributed by atoms with Crippen LogP contribution < -0.4 is 5.32 Å². The zero-order chi connectivity index (χ0) is 17.6. The van der Waals surface area contributed by atoms with Crippen LogP contribution in [0.25, 0.3) is 5.69 Å². The van der Waals surface area contributed by atoms with Gasteiger partial charge in [0.15, 0.2) is 5.76 Å². The van der Waals surface area contributed by atoms with E-state index in [0.29, 0.717) is 6.54 Å². The minimum Gasteiger partial charge on any atom is -0.459 e. The Hall–Kier alpha value is -3.35. The summed E-state index contributed by atoms with van der Waals surface area (Å²) in [5, 5.41) is 6.84. The predicted octanol–water partition coefficient (Wildman–Crippen LogP) is 1.85. The molecular weight excluding hydrogens is 320 g/mol. The number of aromatic nitrogens is 2. The number of furan rings is 1. The van der Waals surface area contributed by atoms with E-state index < -0.39 is 5.91 Å². The molecule has 7 heteroatoms. The molecule has 0 aliphatic heterocycles. The number of para-hydroxylation sites is 1. The summed E-state index contributed by atoms with van der Waals surface area (Å²) in [4.78, 5) is 25.5. The van der Waals surface area contributed by atoms with Crippen molar-refractivity contribution in [1.82, 2.24) is 20.0 Å². The highest BCUT2D eigenvalue weighted by atomic mass is 16.3. The van der Waals surface area contributed by atoms with E-state index in [2.05, 4.69) is 10.4 Å². The van der Waals surface area contributed by atoms with Crippen molar-refractivity contribution in [2.45, 2.75) is 6.54 Å². The molecule has 2 heterocycles. The Bertz CT molecular complexity index is 840. The van der Waals surface area contributed by atoms with Gasteiger partial charge >= 0.3 is 0 Å². The Kier molecular flexibility index (Phi) is 4.94. The van der Waals surface area contributed by atoms with E-state index in [-0.39, 0.29) is 18.2 Å². The number of amides is 2. The van der Waals surface area contributed by atoms with Crippen LogP contribution in [0.3, 0.4) is 0 Å². The number of hydrogen-bond acceptors (Lipinski definition) is 4. The molecule has 0 aliphatic rings. The lowest BCUT2D eigenvalue weighted by Crippen LogP contribution is -2.37. The van der Waals surface area contributed by atoms with Crippen LogP contribution in [-0.4, -0.2) is 40.1 Å². The largest absolute Gasteiger partial charge is 0.459 e. The Balaban J connectivity index is 1.53. The smallest absolute Gasteiger partial charge is 0.287 e. The Morgan fingerprint density at radius 3 is 2.72 bits per heavy atom. The lowest BCUT2D eigenvalue weighted by Gasteiger charge is -2.16. The molecule has 0 aliphatic carbocycles. The SMILES string of the molecule is CN(Cc1cnn(-c2ccccc2)c1)C(=O)CNC(=O)c1ccco1. The van der Waals surface area contributed by atoms with Gasteiger partial charge in [-0.05, 0) is 24.3 Å². The summed E-state index contributed by atoms with van der Waals surface area (Å²) in [5.41, 5.74) is 1.85. The predicted molar refractivity (Wildman–Crippen MR) is 91.1 cm³/mol. The van der Waals surface area contributed by atoms with Gasteiger partial charge in [0.2, 0.25) is 5.91 Å². The number of nitrogens with one attached hydrogen (secondary N) is 1. The summed E-state index contributed by atoms with van der Waals surface area (Å²) in [7, 11) is 1.68. The zero-order valence-electron chi connectivity index (χ0n) is 13.8. The van der Waals surface area contributed by atoms with Crippen LogP contribution in [0.4, 0.5) is 0 Å². The average molecular weight is 338 g/mol. The van der Waals surface area contributed by atoms with Crippen molar-refractivity contribution in [3.05, 3.63) is 72.4 Å². The minimum absolute atomic E-state index is 0.0944. The summed E-state index contributed by atoms with van der Waals surface area (Å²) in [5.74, 6) is -0.435. The average Bonchev–Trinajstić information content (AvgIpc) is 3.32. The number of carbonyl (C=O) groups is 2. The van der Waals surface area contributed by atoms with E-state index >= 15 is 0 Å². The van der Waals surface area contributed by atoms with E-state index in [4.69, 9.17) is 4.42 Å². The maximum Gasteiger partial charge on any atom is 0.287 e. The molecule has 3 aromatic rings. The summed E-state index contributed by atoms with van der Waals surface area (Å²) in [6, 6.07) is 12.9. The minimum atomic E-state index is -0.413. The molecule has 25 heavy (non-hydrogen) atoms. The van der Waals surface area contributed by atoms with E-state index in [9.17, 15) is 9.59 Å². The van der Waals surface area contributed by atoms with Crippen molar-refractivity contribution in [2.75, 3.05) is 13.6 Å². The molecule has 0 spiro atoms. The highest BCUT2D eigenvalue weighted by Gasteiger charge is 2.14. The van der Waals surface area contributed by atoms with Gasteiger partial charge in [0.05, 0.1) is 24.7 Å². The van der Waals surface area contributed by atoms with Crippen molar-refractivity contribution in [1.29, 1.82) is 0 Å². The number of benzene rings is 1. The molecule has 128 valence electrons. The second-order valence-electron chi connectivity index (χ2n) is 5.54. The Morgan fingerprint density at radius 2 is 2.00 bits per heavy atom. The first-order chi connectivity index (χ1) is 12.1. The summed E-state index contributed by atoms with van der Waals surface area (Å²) >= 11 is 0. The van der Waals surface area contributed by atoms with Gasteiger partial charge in [-0.1, -0.05) is 18.2 Å². The van der Waals surface area contributed by atoms with Gasteiger partial charge in [0, 0.05) is 25.4 Å². The molecule has 2 amide bonds. The van der Waals surface area contributed by atoms with Crippen molar-refractivity contribution in [3.8, 4) is 5.69 Å². The second-order valence-corrected chi connectivity index (χ2v) is 5.54. The highest BCUT2D eigenvalue weighted by Crippen LogP contribution is 2.09. The monoisotopic (exact) mass is 338 g/mol. The maximum absolute atomic E-state index is 12.2. The quantitative estimate of drug-likeness (QED) is 0.744. The molecule has 1 N–H and O–H groups in total. The third-order valence-electron chi connectivity index (χ3n) is 3.65. The number of likely N-dealkylation sites (N-methyl/N-ethyl adjacent to an activating group) is 1. The molecule has 0 radical (unpaired) electrons. The lowest BCUT2D eigenvalue weighted by atomic mass is 10.3. The van der Waals surface area contributed by atoms with Crippen LogP contribution in [0, 0.1) is 0 Å². The zero-order valence-corrected chi connectivity index (χ0v) is 13.8. The highest BCUT2D eigenvalue weighted by molar-refractivity contribution is 5.94. The third-order valence-corrected chi connectivity index (χ3v) is 3.65. The molecule has 7 nitrogen and oxygen atoms in total. The van der Waals surface area contributed by atoms with Gasteiger partial charge in [-0.2, -0.15) is 5.10 Å². The van der Waals surface area contributed by atoms with Crippen molar-refractivity contribution >= 4 is 11.8 Å². The molecular formula is C18H18N4O3. The third kappa shape index (κ3) is 4.14. The second kappa shape index (κ2) is 7.48. The van der Waals surface area contributed by atoms with Crippen LogP contribution in [0.2, 0.25) is 0 Å². The number of carbonyl (C=O) groups excluding carboxylic acids is 2. The van der Waals surface area contributed by atoms with Gasteiger partial charge < -0.3 is 14.6 Å². The van der Waals surface area contributed by atoms with Crippen molar-refractivity contribution < 1.29 is 14.0 Å². The fourth-order valence-electron chi connectivity index (χ4n) is 2.31. The summed E-state index contributed by atoms with van der Waals surface area (Å²) < 4.78 is 6.74. The molecule has 0 atom stereocenters. The normalized spacial score (nSPS) is 10.4. The number of rotatable bonds is 6. The molecule has 0 saturated carbocycles. The number of hydrogen-bond donors (Lipinski definition) is 1. The molecule has 0 fully saturated rings. The maximum atomic E-state index is 12.2. The van der Waals surface area contributed by atoms with Gasteiger partial charge in [-0.3, -0.25) is 9.59 Å². The van der Waals surface area contributed by atoms with E-state index in [0.717, 1.165) is 11.3 Å². The molecule has 0 unspecified atom stereocenters.